The lowest BCUT2D eigenvalue weighted by molar-refractivity contribution is -0.133. The van der Waals surface area contributed by atoms with Crippen molar-refractivity contribution in [3.05, 3.63) is 48.8 Å². The molecule has 2 amide bonds. The Balaban J connectivity index is 1.85. The maximum Gasteiger partial charge on any atom is 0.239 e. The zero-order valence-electron chi connectivity index (χ0n) is 14.3. The third-order valence-electron chi connectivity index (χ3n) is 4.08. The lowest BCUT2D eigenvalue weighted by Gasteiger charge is -2.23. The van der Waals surface area contributed by atoms with Crippen molar-refractivity contribution in [1.29, 1.82) is 0 Å². The van der Waals surface area contributed by atoms with Gasteiger partial charge in [0.25, 0.3) is 0 Å². The SMILES string of the molecule is CC(C)(C)NC(=O)C1CCN(c2ccccc2-n2cccc2)C1=O. The van der Waals surface area contributed by atoms with E-state index >= 15 is 0 Å². The Bertz CT molecular complexity index is 744. The molecule has 0 aliphatic carbocycles. The van der Waals surface area contributed by atoms with Gasteiger partial charge in [-0.1, -0.05) is 12.1 Å². The van der Waals surface area contributed by atoms with E-state index < -0.39 is 5.92 Å². The third kappa shape index (κ3) is 3.20. The summed E-state index contributed by atoms with van der Waals surface area (Å²) in [5.41, 5.74) is 1.44. The number of nitrogens with zero attached hydrogens (tertiary/aromatic N) is 2. The Morgan fingerprint density at radius 3 is 2.33 bits per heavy atom. The average Bonchev–Trinajstić information content (AvgIpc) is 3.15. The molecule has 1 saturated heterocycles. The summed E-state index contributed by atoms with van der Waals surface area (Å²) in [5.74, 6) is -0.924. The number of aromatic nitrogens is 1. The van der Waals surface area contributed by atoms with Gasteiger partial charge in [0.05, 0.1) is 11.4 Å². The molecule has 1 fully saturated rings. The van der Waals surface area contributed by atoms with Crippen LogP contribution in [0, 0.1) is 5.92 Å². The quantitative estimate of drug-likeness (QED) is 0.882. The number of para-hydroxylation sites is 2. The maximum absolute atomic E-state index is 12.8. The minimum Gasteiger partial charge on any atom is -0.351 e. The van der Waals surface area contributed by atoms with E-state index in [1.807, 2.05) is 74.1 Å². The highest BCUT2D eigenvalue weighted by atomic mass is 16.2. The summed E-state index contributed by atoms with van der Waals surface area (Å²) < 4.78 is 1.98. The molecule has 1 aliphatic rings. The first-order chi connectivity index (χ1) is 11.4. The van der Waals surface area contributed by atoms with Crippen molar-refractivity contribution in [2.24, 2.45) is 5.92 Å². The molecule has 2 aromatic rings. The molecular weight excluding hydrogens is 302 g/mol. The van der Waals surface area contributed by atoms with E-state index in [4.69, 9.17) is 0 Å². The van der Waals surface area contributed by atoms with Crippen molar-refractivity contribution in [1.82, 2.24) is 9.88 Å². The van der Waals surface area contributed by atoms with Gasteiger partial charge in [-0.3, -0.25) is 9.59 Å². The minimum atomic E-state index is -0.609. The number of carbonyl (C=O) groups is 2. The number of rotatable bonds is 3. The van der Waals surface area contributed by atoms with Gasteiger partial charge in [-0.2, -0.15) is 0 Å². The van der Waals surface area contributed by atoms with Gasteiger partial charge in [0.15, 0.2) is 0 Å². The first kappa shape index (κ1) is 16.3. The van der Waals surface area contributed by atoms with Crippen LogP contribution in [0.15, 0.2) is 48.8 Å². The number of amides is 2. The fraction of sp³-hybridized carbons (Fsp3) is 0.368. The van der Waals surface area contributed by atoms with Crippen molar-refractivity contribution in [3.63, 3.8) is 0 Å². The van der Waals surface area contributed by atoms with Crippen molar-refractivity contribution in [3.8, 4) is 5.69 Å². The first-order valence-corrected chi connectivity index (χ1v) is 8.22. The molecule has 1 aromatic carbocycles. The molecule has 0 spiro atoms. The summed E-state index contributed by atoms with van der Waals surface area (Å²) in [6, 6.07) is 11.7. The van der Waals surface area contributed by atoms with Crippen LogP contribution in [0.5, 0.6) is 0 Å². The minimum absolute atomic E-state index is 0.128. The second-order valence-corrected chi connectivity index (χ2v) is 7.15. The van der Waals surface area contributed by atoms with Gasteiger partial charge in [-0.15, -0.1) is 0 Å². The fourth-order valence-corrected chi connectivity index (χ4v) is 3.02. The number of hydrogen-bond donors (Lipinski definition) is 1. The van der Waals surface area contributed by atoms with Gasteiger partial charge < -0.3 is 14.8 Å². The Hall–Kier alpha value is -2.56. The predicted molar refractivity (Wildman–Crippen MR) is 94.1 cm³/mol. The first-order valence-electron chi connectivity index (χ1n) is 8.22. The molecular formula is C19H23N3O2. The smallest absolute Gasteiger partial charge is 0.239 e. The van der Waals surface area contributed by atoms with Crippen molar-refractivity contribution in [2.45, 2.75) is 32.7 Å². The summed E-state index contributed by atoms with van der Waals surface area (Å²) in [6.45, 7) is 6.32. The lowest BCUT2D eigenvalue weighted by Crippen LogP contribution is -2.46. The molecule has 1 unspecified atom stereocenters. The molecule has 0 bridgehead atoms. The van der Waals surface area contributed by atoms with Gasteiger partial charge in [-0.25, -0.2) is 0 Å². The molecule has 0 saturated carbocycles. The monoisotopic (exact) mass is 325 g/mol. The Kier molecular flexibility index (Phi) is 4.18. The van der Waals surface area contributed by atoms with Crippen LogP contribution in [0.1, 0.15) is 27.2 Å². The van der Waals surface area contributed by atoms with Crippen LogP contribution in [0.4, 0.5) is 5.69 Å². The van der Waals surface area contributed by atoms with Crippen LogP contribution in [0.3, 0.4) is 0 Å². The molecule has 126 valence electrons. The Morgan fingerprint density at radius 2 is 1.71 bits per heavy atom. The largest absolute Gasteiger partial charge is 0.351 e. The predicted octanol–water partition coefficient (Wildman–Crippen LogP) is 2.74. The van der Waals surface area contributed by atoms with Crippen LogP contribution >= 0.6 is 0 Å². The molecule has 1 aromatic heterocycles. The zero-order valence-corrected chi connectivity index (χ0v) is 14.3. The number of anilines is 1. The van der Waals surface area contributed by atoms with E-state index in [0.717, 1.165) is 11.4 Å². The molecule has 24 heavy (non-hydrogen) atoms. The van der Waals surface area contributed by atoms with E-state index in [1.54, 1.807) is 4.90 Å². The van der Waals surface area contributed by atoms with E-state index in [1.165, 1.54) is 0 Å². The zero-order chi connectivity index (χ0) is 17.3. The van der Waals surface area contributed by atoms with E-state index in [9.17, 15) is 9.59 Å². The standard InChI is InChI=1S/C19H23N3O2/c1-19(2,3)20-17(23)14-10-13-22(18(14)24)16-9-5-4-8-15(16)21-11-6-7-12-21/h4-9,11-12,14H,10,13H2,1-3H3,(H,20,23). The molecule has 1 atom stereocenters. The topological polar surface area (TPSA) is 54.3 Å². The molecule has 5 heteroatoms. The van der Waals surface area contributed by atoms with Crippen molar-refractivity contribution < 1.29 is 9.59 Å². The molecule has 0 radical (unpaired) electrons. The molecule has 1 N–H and O–H groups in total. The van der Waals surface area contributed by atoms with Crippen LogP contribution in [-0.4, -0.2) is 28.5 Å². The Labute approximate surface area is 142 Å². The molecule has 3 rings (SSSR count). The number of carbonyl (C=O) groups excluding carboxylic acids is 2. The maximum atomic E-state index is 12.8. The van der Waals surface area contributed by atoms with Crippen LogP contribution in [0.25, 0.3) is 5.69 Å². The summed E-state index contributed by atoms with van der Waals surface area (Å²) in [4.78, 5) is 26.9. The van der Waals surface area contributed by atoms with Gasteiger partial charge in [0.1, 0.15) is 5.92 Å². The van der Waals surface area contributed by atoms with Crippen LogP contribution < -0.4 is 10.2 Å². The summed E-state index contributed by atoms with van der Waals surface area (Å²) >= 11 is 0. The van der Waals surface area contributed by atoms with Gasteiger partial charge in [0, 0.05) is 24.5 Å². The highest BCUT2D eigenvalue weighted by Crippen LogP contribution is 2.30. The van der Waals surface area contributed by atoms with Crippen molar-refractivity contribution in [2.75, 3.05) is 11.4 Å². The summed E-state index contributed by atoms with van der Waals surface area (Å²) in [5, 5.41) is 2.91. The van der Waals surface area contributed by atoms with Gasteiger partial charge in [-0.05, 0) is 51.5 Å². The lowest BCUT2D eigenvalue weighted by atomic mass is 10.0. The van der Waals surface area contributed by atoms with Crippen LogP contribution in [0.2, 0.25) is 0 Å². The third-order valence-corrected chi connectivity index (χ3v) is 4.08. The number of hydrogen-bond acceptors (Lipinski definition) is 2. The van der Waals surface area contributed by atoms with Crippen LogP contribution in [-0.2, 0) is 9.59 Å². The second-order valence-electron chi connectivity index (χ2n) is 7.15. The fourth-order valence-electron chi connectivity index (χ4n) is 3.02. The van der Waals surface area contributed by atoms with E-state index in [0.29, 0.717) is 13.0 Å². The molecule has 5 nitrogen and oxygen atoms in total. The van der Waals surface area contributed by atoms with Gasteiger partial charge in [0.2, 0.25) is 11.8 Å². The average molecular weight is 325 g/mol. The normalized spacial score (nSPS) is 18.0. The van der Waals surface area contributed by atoms with Gasteiger partial charge >= 0.3 is 0 Å². The van der Waals surface area contributed by atoms with E-state index in [-0.39, 0.29) is 17.4 Å². The highest BCUT2D eigenvalue weighted by Gasteiger charge is 2.39. The number of nitrogens with one attached hydrogen (secondary N) is 1. The van der Waals surface area contributed by atoms with Crippen molar-refractivity contribution >= 4 is 17.5 Å². The highest BCUT2D eigenvalue weighted by molar-refractivity contribution is 6.10. The summed E-state index contributed by atoms with van der Waals surface area (Å²) in [6.07, 6.45) is 4.44. The second kappa shape index (κ2) is 6.15. The number of benzene rings is 1. The molecule has 1 aliphatic heterocycles. The van der Waals surface area contributed by atoms with E-state index in [2.05, 4.69) is 5.32 Å². The summed E-state index contributed by atoms with van der Waals surface area (Å²) in [7, 11) is 0. The Morgan fingerprint density at radius 1 is 1.08 bits per heavy atom. The molecule has 2 heterocycles.